The lowest BCUT2D eigenvalue weighted by Crippen LogP contribution is -2.43. The Bertz CT molecular complexity index is 194. The highest BCUT2D eigenvalue weighted by Crippen LogP contribution is 2.14. The number of rotatable bonds is 4. The van der Waals surface area contributed by atoms with E-state index in [0.29, 0.717) is 6.04 Å². The first kappa shape index (κ1) is 12.4. The van der Waals surface area contributed by atoms with E-state index in [0.717, 1.165) is 10.9 Å². The summed E-state index contributed by atoms with van der Waals surface area (Å²) in [5.74, 6) is 0. The molecular formula is C12H24N+. The second-order valence-electron chi connectivity index (χ2n) is 4.53. The molecule has 1 unspecified atom stereocenters. The molecule has 0 fully saturated rings. The number of hydrogen-bond acceptors (Lipinski definition) is 0. The van der Waals surface area contributed by atoms with Crippen LogP contribution in [0.15, 0.2) is 23.8 Å². The second kappa shape index (κ2) is 5.23. The molecule has 13 heavy (non-hydrogen) atoms. The second-order valence-corrected chi connectivity index (χ2v) is 4.53. The van der Waals surface area contributed by atoms with Gasteiger partial charge in [-0.25, -0.2) is 0 Å². The van der Waals surface area contributed by atoms with Gasteiger partial charge in [-0.1, -0.05) is 18.2 Å². The zero-order valence-electron chi connectivity index (χ0n) is 9.96. The van der Waals surface area contributed by atoms with Crippen LogP contribution in [0.25, 0.3) is 0 Å². The van der Waals surface area contributed by atoms with E-state index in [-0.39, 0.29) is 0 Å². The fourth-order valence-electron chi connectivity index (χ4n) is 1.11. The maximum atomic E-state index is 2.30. The van der Waals surface area contributed by atoms with Gasteiger partial charge in [0.15, 0.2) is 0 Å². The maximum Gasteiger partial charge on any atom is 0.0896 e. The Labute approximate surface area is 83.3 Å². The van der Waals surface area contributed by atoms with Crippen molar-refractivity contribution in [3.63, 3.8) is 0 Å². The van der Waals surface area contributed by atoms with Gasteiger partial charge in [0, 0.05) is 6.42 Å². The molecule has 0 saturated heterocycles. The summed E-state index contributed by atoms with van der Waals surface area (Å²) in [6.07, 6.45) is 7.67. The van der Waals surface area contributed by atoms with Gasteiger partial charge in [-0.3, -0.25) is 0 Å². The van der Waals surface area contributed by atoms with Gasteiger partial charge >= 0.3 is 0 Å². The van der Waals surface area contributed by atoms with E-state index in [1.54, 1.807) is 0 Å². The molecule has 0 radical (unpaired) electrons. The minimum atomic E-state index is 0.669. The van der Waals surface area contributed by atoms with Crippen LogP contribution in [0, 0.1) is 0 Å². The third-order valence-corrected chi connectivity index (χ3v) is 2.60. The molecule has 0 spiro atoms. The largest absolute Gasteiger partial charge is 0.328 e. The van der Waals surface area contributed by atoms with E-state index >= 15 is 0 Å². The van der Waals surface area contributed by atoms with E-state index in [2.05, 4.69) is 60.1 Å². The Morgan fingerprint density at radius 1 is 1.23 bits per heavy atom. The van der Waals surface area contributed by atoms with Crippen molar-refractivity contribution in [2.45, 2.75) is 33.2 Å². The zero-order valence-corrected chi connectivity index (χ0v) is 9.96. The summed E-state index contributed by atoms with van der Waals surface area (Å²) in [4.78, 5) is 0. The van der Waals surface area contributed by atoms with Gasteiger partial charge in [0.25, 0.3) is 0 Å². The van der Waals surface area contributed by atoms with E-state index in [1.165, 1.54) is 5.57 Å². The molecule has 1 atom stereocenters. The van der Waals surface area contributed by atoms with Crippen molar-refractivity contribution in [1.29, 1.82) is 0 Å². The number of allylic oxidation sites excluding steroid dienone is 3. The Morgan fingerprint density at radius 3 is 2.08 bits per heavy atom. The molecule has 0 bridgehead atoms. The van der Waals surface area contributed by atoms with Crippen LogP contribution in [-0.4, -0.2) is 31.7 Å². The predicted molar refractivity (Wildman–Crippen MR) is 60.7 cm³/mol. The van der Waals surface area contributed by atoms with Crippen LogP contribution in [0.1, 0.15) is 27.2 Å². The monoisotopic (exact) mass is 182 g/mol. The quantitative estimate of drug-likeness (QED) is 0.463. The SMILES string of the molecule is CC=CC(=CC)CC(C)[N+](C)(C)C. The normalized spacial score (nSPS) is 16.6. The molecule has 0 aliphatic rings. The molecule has 0 aromatic rings. The van der Waals surface area contributed by atoms with Gasteiger partial charge in [-0.05, 0) is 26.3 Å². The number of nitrogens with zero attached hydrogens (tertiary/aromatic N) is 1. The van der Waals surface area contributed by atoms with Crippen LogP contribution in [-0.2, 0) is 0 Å². The molecule has 0 aromatic carbocycles. The summed E-state index contributed by atoms with van der Waals surface area (Å²) in [5, 5.41) is 0. The first-order chi connectivity index (χ1) is 5.91. The minimum Gasteiger partial charge on any atom is -0.328 e. The summed E-state index contributed by atoms with van der Waals surface area (Å²) >= 11 is 0. The van der Waals surface area contributed by atoms with Gasteiger partial charge < -0.3 is 4.48 Å². The molecule has 1 heteroatoms. The average molecular weight is 182 g/mol. The Morgan fingerprint density at radius 2 is 1.77 bits per heavy atom. The van der Waals surface area contributed by atoms with Crippen molar-refractivity contribution < 1.29 is 4.48 Å². The number of hydrogen-bond donors (Lipinski definition) is 0. The molecule has 0 rings (SSSR count). The van der Waals surface area contributed by atoms with Gasteiger partial charge in [0.2, 0.25) is 0 Å². The maximum absolute atomic E-state index is 2.30. The Hall–Kier alpha value is -0.560. The average Bonchev–Trinajstić information content (AvgIpc) is 2.01. The standard InChI is InChI=1S/C12H24N/c1-7-9-12(8-2)10-11(3)13(4,5)6/h7-9,11H,10H2,1-6H3/q+1. The smallest absolute Gasteiger partial charge is 0.0896 e. The van der Waals surface area contributed by atoms with Crippen LogP contribution in [0.3, 0.4) is 0 Å². The fourth-order valence-corrected chi connectivity index (χ4v) is 1.11. The molecular weight excluding hydrogens is 158 g/mol. The van der Waals surface area contributed by atoms with Crippen LogP contribution in [0.4, 0.5) is 0 Å². The lowest BCUT2D eigenvalue weighted by atomic mass is 10.1. The molecule has 0 aliphatic heterocycles. The summed E-state index contributed by atoms with van der Waals surface area (Å²) in [6, 6.07) is 0.669. The molecule has 0 aliphatic carbocycles. The highest BCUT2D eigenvalue weighted by Gasteiger charge is 2.18. The molecule has 0 N–H and O–H groups in total. The third kappa shape index (κ3) is 4.89. The Kier molecular flexibility index (Phi) is 5.01. The molecule has 1 nitrogen and oxygen atoms in total. The zero-order chi connectivity index (χ0) is 10.5. The van der Waals surface area contributed by atoms with E-state index in [1.807, 2.05) is 0 Å². The first-order valence-corrected chi connectivity index (χ1v) is 5.00. The van der Waals surface area contributed by atoms with Crippen molar-refractivity contribution in [1.82, 2.24) is 0 Å². The van der Waals surface area contributed by atoms with Crippen molar-refractivity contribution >= 4 is 0 Å². The first-order valence-electron chi connectivity index (χ1n) is 5.00. The lowest BCUT2D eigenvalue weighted by molar-refractivity contribution is -0.893. The van der Waals surface area contributed by atoms with Crippen molar-refractivity contribution in [2.75, 3.05) is 21.1 Å². The lowest BCUT2D eigenvalue weighted by Gasteiger charge is -2.31. The molecule has 0 saturated carbocycles. The molecule has 0 aromatic heterocycles. The number of quaternary nitrogens is 1. The van der Waals surface area contributed by atoms with Crippen molar-refractivity contribution in [3.8, 4) is 0 Å². The van der Waals surface area contributed by atoms with Gasteiger partial charge in [-0.15, -0.1) is 0 Å². The van der Waals surface area contributed by atoms with Gasteiger partial charge in [-0.2, -0.15) is 0 Å². The molecule has 76 valence electrons. The van der Waals surface area contributed by atoms with Crippen LogP contribution in [0.5, 0.6) is 0 Å². The summed E-state index contributed by atoms with van der Waals surface area (Å²) in [5.41, 5.74) is 1.43. The highest BCUT2D eigenvalue weighted by atomic mass is 15.3. The van der Waals surface area contributed by atoms with Crippen molar-refractivity contribution in [2.24, 2.45) is 0 Å². The van der Waals surface area contributed by atoms with E-state index in [4.69, 9.17) is 0 Å². The molecule has 0 heterocycles. The summed E-state index contributed by atoms with van der Waals surface area (Å²) < 4.78 is 1.02. The summed E-state index contributed by atoms with van der Waals surface area (Å²) in [7, 11) is 6.73. The minimum absolute atomic E-state index is 0.669. The fraction of sp³-hybridized carbons (Fsp3) is 0.667. The van der Waals surface area contributed by atoms with E-state index in [9.17, 15) is 0 Å². The van der Waals surface area contributed by atoms with Crippen LogP contribution < -0.4 is 0 Å². The van der Waals surface area contributed by atoms with Gasteiger partial charge in [0.1, 0.15) is 0 Å². The summed E-state index contributed by atoms with van der Waals surface area (Å²) in [6.45, 7) is 6.48. The Balaban J connectivity index is 4.27. The van der Waals surface area contributed by atoms with Crippen molar-refractivity contribution in [3.05, 3.63) is 23.8 Å². The van der Waals surface area contributed by atoms with Crippen LogP contribution in [0.2, 0.25) is 0 Å². The van der Waals surface area contributed by atoms with Gasteiger partial charge in [0.05, 0.1) is 27.2 Å². The molecule has 0 amide bonds. The topological polar surface area (TPSA) is 0 Å². The van der Waals surface area contributed by atoms with Crippen LogP contribution >= 0.6 is 0 Å². The highest BCUT2D eigenvalue weighted by molar-refractivity contribution is 5.17. The third-order valence-electron chi connectivity index (χ3n) is 2.60. The van der Waals surface area contributed by atoms with E-state index < -0.39 is 0 Å². The predicted octanol–water partition coefficient (Wildman–Crippen LogP) is 2.99.